The number of aliphatic hydroxyl groups is 1. The number of nitrogens with two attached hydrogens (primary N) is 1. The van der Waals surface area contributed by atoms with Crippen LogP contribution in [0.25, 0.3) is 33.9 Å². The summed E-state index contributed by atoms with van der Waals surface area (Å²) in [6, 6.07) is 17.3. The molecule has 5 rings (SSSR count). The highest BCUT2D eigenvalue weighted by atomic mass is 19.1. The van der Waals surface area contributed by atoms with E-state index in [9.17, 15) is 9.50 Å². The van der Waals surface area contributed by atoms with E-state index in [2.05, 4.69) is 10.1 Å². The second kappa shape index (κ2) is 9.55. The molecule has 0 atom stereocenters. The van der Waals surface area contributed by atoms with Crippen LogP contribution >= 0.6 is 0 Å². The molecule has 8 nitrogen and oxygen atoms in total. The number of nitrogens with zero attached hydrogens (tertiary/aromatic N) is 4. The smallest absolute Gasteiger partial charge is 0.167 e. The zero-order valence-electron chi connectivity index (χ0n) is 19.1. The second-order valence-electron chi connectivity index (χ2n) is 8.00. The summed E-state index contributed by atoms with van der Waals surface area (Å²) in [5.74, 6) is 1.66. The van der Waals surface area contributed by atoms with E-state index >= 15 is 0 Å². The van der Waals surface area contributed by atoms with Crippen molar-refractivity contribution in [3.05, 3.63) is 77.8 Å². The molecule has 5 aromatic rings. The van der Waals surface area contributed by atoms with Crippen LogP contribution in [0.1, 0.15) is 24.7 Å². The summed E-state index contributed by atoms with van der Waals surface area (Å²) in [6.07, 6.45) is 0.855. The quantitative estimate of drug-likeness (QED) is 0.333. The fourth-order valence-electron chi connectivity index (χ4n) is 3.87. The van der Waals surface area contributed by atoms with Crippen molar-refractivity contribution in [2.24, 2.45) is 0 Å². The first-order chi connectivity index (χ1) is 17.1. The average molecular weight is 474 g/mol. The molecule has 0 saturated carbocycles. The first-order valence-corrected chi connectivity index (χ1v) is 11.3. The van der Waals surface area contributed by atoms with Gasteiger partial charge in [0.25, 0.3) is 0 Å². The lowest BCUT2D eigenvalue weighted by atomic mass is 10.1. The molecule has 3 aromatic heterocycles. The van der Waals surface area contributed by atoms with Gasteiger partial charge in [0.2, 0.25) is 0 Å². The Hall–Kier alpha value is -4.24. The topological polar surface area (TPSA) is 112 Å². The molecule has 2 aromatic carbocycles. The summed E-state index contributed by atoms with van der Waals surface area (Å²) < 4.78 is 27.7. The van der Waals surface area contributed by atoms with Gasteiger partial charge in [-0.15, -0.1) is 0 Å². The maximum Gasteiger partial charge on any atom is 0.167 e. The molecule has 178 valence electrons. The highest BCUT2D eigenvalue weighted by Crippen LogP contribution is 2.35. The predicted octanol–water partition coefficient (Wildman–Crippen LogP) is 4.80. The lowest BCUT2D eigenvalue weighted by Crippen LogP contribution is -2.06. The number of hydrogen-bond donors (Lipinski definition) is 2. The first-order valence-electron chi connectivity index (χ1n) is 11.3. The lowest BCUT2D eigenvalue weighted by Gasteiger charge is -2.11. The van der Waals surface area contributed by atoms with Crippen LogP contribution in [-0.2, 0) is 13.2 Å². The number of benzene rings is 2. The fourth-order valence-corrected chi connectivity index (χ4v) is 3.87. The molecular formula is C26H24FN5O3. The number of ether oxygens (including phenoxy) is 1. The van der Waals surface area contributed by atoms with E-state index in [4.69, 9.17) is 19.9 Å². The Morgan fingerprint density at radius 1 is 1.06 bits per heavy atom. The molecule has 0 amide bonds. The largest absolute Gasteiger partial charge is 0.493 e. The number of nitrogen functional groups attached to an aromatic ring is 1. The minimum absolute atomic E-state index is 0.126. The van der Waals surface area contributed by atoms with Crippen LogP contribution in [0.2, 0.25) is 0 Å². The third kappa shape index (κ3) is 4.33. The van der Waals surface area contributed by atoms with Gasteiger partial charge < -0.3 is 20.0 Å². The van der Waals surface area contributed by atoms with Crippen molar-refractivity contribution in [2.75, 3.05) is 12.3 Å². The molecule has 0 fully saturated rings. The molecule has 0 unspecified atom stereocenters. The van der Waals surface area contributed by atoms with E-state index in [1.807, 2.05) is 31.2 Å². The molecule has 0 aliphatic carbocycles. The molecule has 9 heteroatoms. The van der Waals surface area contributed by atoms with Crippen molar-refractivity contribution in [2.45, 2.75) is 26.5 Å². The Balaban J connectivity index is 1.71. The van der Waals surface area contributed by atoms with E-state index in [1.165, 1.54) is 6.07 Å². The van der Waals surface area contributed by atoms with Crippen LogP contribution in [0.4, 0.5) is 10.2 Å². The number of para-hydroxylation sites is 1. The van der Waals surface area contributed by atoms with Crippen molar-refractivity contribution >= 4 is 16.9 Å². The Kier molecular flexibility index (Phi) is 6.15. The fraction of sp³-hybridized carbons (Fsp3) is 0.192. The Morgan fingerprint density at radius 3 is 2.63 bits per heavy atom. The van der Waals surface area contributed by atoms with Gasteiger partial charge in [-0.3, -0.25) is 0 Å². The van der Waals surface area contributed by atoms with Gasteiger partial charge in [0, 0.05) is 5.56 Å². The molecule has 0 spiro atoms. The summed E-state index contributed by atoms with van der Waals surface area (Å²) in [5, 5.41) is 14.6. The lowest BCUT2D eigenvalue weighted by molar-refractivity contribution is 0.248. The highest BCUT2D eigenvalue weighted by molar-refractivity contribution is 5.98. The van der Waals surface area contributed by atoms with Gasteiger partial charge in [-0.05, 0) is 36.8 Å². The Labute approximate surface area is 200 Å². The van der Waals surface area contributed by atoms with Gasteiger partial charge in [-0.1, -0.05) is 37.3 Å². The van der Waals surface area contributed by atoms with Crippen LogP contribution < -0.4 is 10.5 Å². The summed E-state index contributed by atoms with van der Waals surface area (Å²) in [7, 11) is 0. The van der Waals surface area contributed by atoms with Crippen LogP contribution in [0.5, 0.6) is 5.75 Å². The van der Waals surface area contributed by atoms with E-state index in [-0.39, 0.29) is 24.8 Å². The first kappa shape index (κ1) is 22.5. The maximum absolute atomic E-state index is 14.5. The van der Waals surface area contributed by atoms with Crippen LogP contribution in [0, 0.1) is 5.82 Å². The van der Waals surface area contributed by atoms with E-state index in [0.717, 1.165) is 6.42 Å². The van der Waals surface area contributed by atoms with Crippen LogP contribution in [0.3, 0.4) is 0 Å². The molecule has 3 heterocycles. The standard InChI is InChI=1S/C26H24FN5O3/c1-2-13-34-20-10-6-4-8-18(20)25-29-24(28)22-23(21-12-11-17(15-33)35-21)31-32(26(22)30-25)14-16-7-3-5-9-19(16)27/h3-12,33H,2,13-15H2,1H3,(H2,28,29,30). The SMILES string of the molecule is CCCOc1ccccc1-c1nc(N)c2c(-c3ccc(CO)o3)nn(Cc3ccccc3F)c2n1. The number of aromatic nitrogens is 4. The van der Waals surface area contributed by atoms with Gasteiger partial charge in [0.1, 0.15) is 35.4 Å². The summed E-state index contributed by atoms with van der Waals surface area (Å²) >= 11 is 0. The third-order valence-corrected chi connectivity index (χ3v) is 5.54. The molecule has 0 aliphatic rings. The number of fused-ring (bicyclic) bond motifs is 1. The number of furan rings is 1. The summed E-state index contributed by atoms with van der Waals surface area (Å²) in [4.78, 5) is 9.35. The van der Waals surface area contributed by atoms with Gasteiger partial charge >= 0.3 is 0 Å². The van der Waals surface area contributed by atoms with Gasteiger partial charge in [-0.25, -0.2) is 19.0 Å². The minimum atomic E-state index is -0.348. The van der Waals surface area contributed by atoms with E-state index in [1.54, 1.807) is 35.0 Å². The second-order valence-corrected chi connectivity index (χ2v) is 8.00. The molecule has 0 aliphatic heterocycles. The van der Waals surface area contributed by atoms with Crippen molar-refractivity contribution in [1.82, 2.24) is 19.7 Å². The molecule has 3 N–H and O–H groups in total. The van der Waals surface area contributed by atoms with Gasteiger partial charge in [0.15, 0.2) is 17.2 Å². The Bertz CT molecular complexity index is 1490. The molecule has 0 saturated heterocycles. The zero-order valence-corrected chi connectivity index (χ0v) is 19.1. The number of aliphatic hydroxyl groups excluding tert-OH is 1. The Morgan fingerprint density at radius 2 is 1.86 bits per heavy atom. The summed E-state index contributed by atoms with van der Waals surface area (Å²) in [6.45, 7) is 2.46. The van der Waals surface area contributed by atoms with Crippen LogP contribution in [-0.4, -0.2) is 31.5 Å². The van der Waals surface area contributed by atoms with E-state index in [0.29, 0.717) is 57.6 Å². The maximum atomic E-state index is 14.5. The molecule has 0 bridgehead atoms. The third-order valence-electron chi connectivity index (χ3n) is 5.54. The minimum Gasteiger partial charge on any atom is -0.493 e. The van der Waals surface area contributed by atoms with E-state index < -0.39 is 0 Å². The molecule has 0 radical (unpaired) electrons. The van der Waals surface area contributed by atoms with Crippen molar-refractivity contribution in [3.63, 3.8) is 0 Å². The predicted molar refractivity (Wildman–Crippen MR) is 130 cm³/mol. The molecule has 35 heavy (non-hydrogen) atoms. The van der Waals surface area contributed by atoms with Gasteiger partial charge in [0.05, 0.1) is 24.1 Å². The number of anilines is 1. The monoisotopic (exact) mass is 473 g/mol. The van der Waals surface area contributed by atoms with Gasteiger partial charge in [-0.2, -0.15) is 5.10 Å². The normalized spacial score (nSPS) is 11.3. The van der Waals surface area contributed by atoms with Crippen molar-refractivity contribution < 1.29 is 18.7 Å². The number of halogens is 1. The zero-order chi connectivity index (χ0) is 24.4. The molecular weight excluding hydrogens is 449 g/mol. The van der Waals surface area contributed by atoms with Crippen molar-refractivity contribution in [3.8, 4) is 28.6 Å². The van der Waals surface area contributed by atoms with Crippen LogP contribution in [0.15, 0.2) is 65.1 Å². The average Bonchev–Trinajstić information content (AvgIpc) is 3.49. The number of hydrogen-bond acceptors (Lipinski definition) is 7. The van der Waals surface area contributed by atoms with Crippen molar-refractivity contribution in [1.29, 1.82) is 0 Å². The number of rotatable bonds is 8. The highest BCUT2D eigenvalue weighted by Gasteiger charge is 2.23. The summed E-state index contributed by atoms with van der Waals surface area (Å²) in [5.41, 5.74) is 8.43.